The van der Waals surface area contributed by atoms with Crippen LogP contribution in [0.5, 0.6) is 0 Å². The van der Waals surface area contributed by atoms with E-state index in [2.05, 4.69) is 0 Å². The van der Waals surface area contributed by atoms with Crippen LogP contribution in [0.15, 0.2) is 48.5 Å². The molecule has 3 rings (SSSR count). The maximum absolute atomic E-state index is 11.5. The lowest BCUT2D eigenvalue weighted by Crippen LogP contribution is -2.03. The molecule has 0 aliphatic rings. The van der Waals surface area contributed by atoms with Gasteiger partial charge < -0.3 is 5.11 Å². The molecule has 0 fully saturated rings. The molecule has 1 N–H and O–H groups in total. The van der Waals surface area contributed by atoms with E-state index in [0.717, 1.165) is 16.7 Å². The summed E-state index contributed by atoms with van der Waals surface area (Å²) in [5.41, 5.74) is 0.132. The standard InChI is InChI=1S/C16H10N2O3S/c17-9-11-6-8-14(22-11)16(19)13-7-5-10-3-1-2-4-12(10)15(13)18(20)21/h1-8,16,19H. The second-order valence-electron chi connectivity index (χ2n) is 4.70. The summed E-state index contributed by atoms with van der Waals surface area (Å²) in [5.74, 6) is 0. The largest absolute Gasteiger partial charge is 0.383 e. The fourth-order valence-electron chi connectivity index (χ4n) is 2.41. The molecule has 0 aliphatic heterocycles. The Morgan fingerprint density at radius 1 is 1.18 bits per heavy atom. The van der Waals surface area contributed by atoms with Gasteiger partial charge in [-0.1, -0.05) is 24.3 Å². The summed E-state index contributed by atoms with van der Waals surface area (Å²) in [6, 6.07) is 15.5. The van der Waals surface area contributed by atoms with Gasteiger partial charge in [0, 0.05) is 4.88 Å². The van der Waals surface area contributed by atoms with Crippen molar-refractivity contribution >= 4 is 27.8 Å². The van der Waals surface area contributed by atoms with E-state index < -0.39 is 11.0 Å². The lowest BCUT2D eigenvalue weighted by atomic mass is 9.99. The number of hydrogen-bond acceptors (Lipinski definition) is 5. The van der Waals surface area contributed by atoms with E-state index in [1.807, 2.05) is 6.07 Å². The minimum Gasteiger partial charge on any atom is -0.383 e. The number of thiophene rings is 1. The van der Waals surface area contributed by atoms with E-state index in [-0.39, 0.29) is 11.3 Å². The average molecular weight is 310 g/mol. The van der Waals surface area contributed by atoms with Crippen LogP contribution in [0.2, 0.25) is 0 Å². The van der Waals surface area contributed by atoms with E-state index in [4.69, 9.17) is 5.26 Å². The van der Waals surface area contributed by atoms with Crippen molar-refractivity contribution in [3.63, 3.8) is 0 Å². The van der Waals surface area contributed by atoms with E-state index in [0.29, 0.717) is 15.1 Å². The third-order valence-corrected chi connectivity index (χ3v) is 4.46. The van der Waals surface area contributed by atoms with Crippen molar-refractivity contribution in [1.82, 2.24) is 0 Å². The molecule has 0 saturated heterocycles. The molecule has 6 heteroatoms. The first-order valence-electron chi connectivity index (χ1n) is 6.45. The molecule has 1 unspecified atom stereocenters. The van der Waals surface area contributed by atoms with E-state index in [1.54, 1.807) is 48.5 Å². The Morgan fingerprint density at radius 2 is 1.95 bits per heavy atom. The topological polar surface area (TPSA) is 87.2 Å². The van der Waals surface area contributed by atoms with Crippen LogP contribution in [0.25, 0.3) is 10.8 Å². The van der Waals surface area contributed by atoms with Crippen molar-refractivity contribution in [2.75, 3.05) is 0 Å². The van der Waals surface area contributed by atoms with Crippen molar-refractivity contribution in [1.29, 1.82) is 5.26 Å². The zero-order valence-electron chi connectivity index (χ0n) is 11.3. The van der Waals surface area contributed by atoms with Gasteiger partial charge in [-0.2, -0.15) is 5.26 Å². The third-order valence-electron chi connectivity index (χ3n) is 3.42. The summed E-state index contributed by atoms with van der Waals surface area (Å²) in [6.07, 6.45) is -1.13. The van der Waals surface area contributed by atoms with E-state index in [1.165, 1.54) is 0 Å². The fraction of sp³-hybridized carbons (Fsp3) is 0.0625. The van der Waals surface area contributed by atoms with Crippen LogP contribution in [-0.2, 0) is 0 Å². The molecular formula is C16H10N2O3S. The SMILES string of the molecule is N#Cc1ccc(C(O)c2ccc3ccccc3c2[N+](=O)[O-])s1. The van der Waals surface area contributed by atoms with Gasteiger partial charge in [-0.05, 0) is 29.7 Å². The van der Waals surface area contributed by atoms with Crippen LogP contribution in [0.3, 0.4) is 0 Å². The van der Waals surface area contributed by atoms with Gasteiger partial charge in [0.15, 0.2) is 0 Å². The maximum atomic E-state index is 11.5. The number of aliphatic hydroxyl groups excluding tert-OH is 1. The number of nitro groups is 1. The summed E-state index contributed by atoms with van der Waals surface area (Å²) in [5, 5.41) is 32.1. The Morgan fingerprint density at radius 3 is 2.64 bits per heavy atom. The number of hydrogen-bond donors (Lipinski definition) is 1. The quantitative estimate of drug-likeness (QED) is 0.589. The molecule has 0 saturated carbocycles. The molecular weight excluding hydrogens is 300 g/mol. The van der Waals surface area contributed by atoms with Crippen molar-refractivity contribution in [2.45, 2.75) is 6.10 Å². The third kappa shape index (κ3) is 2.33. The van der Waals surface area contributed by atoms with Crippen LogP contribution >= 0.6 is 11.3 Å². The van der Waals surface area contributed by atoms with E-state index in [9.17, 15) is 15.2 Å². The number of fused-ring (bicyclic) bond motifs is 1. The Balaban J connectivity index is 2.19. The Labute approximate surface area is 129 Å². The van der Waals surface area contributed by atoms with Crippen molar-refractivity contribution < 1.29 is 10.0 Å². The molecule has 1 aromatic heterocycles. The number of nitrogens with zero attached hydrogens (tertiary/aromatic N) is 2. The van der Waals surface area contributed by atoms with Crippen LogP contribution < -0.4 is 0 Å². The molecule has 1 heterocycles. The summed E-state index contributed by atoms with van der Waals surface area (Å²) < 4.78 is 0. The highest BCUT2D eigenvalue weighted by molar-refractivity contribution is 7.12. The minimum atomic E-state index is -1.13. The van der Waals surface area contributed by atoms with Gasteiger partial charge in [-0.3, -0.25) is 10.1 Å². The van der Waals surface area contributed by atoms with Crippen LogP contribution in [0.4, 0.5) is 5.69 Å². The molecule has 0 spiro atoms. The highest BCUT2D eigenvalue weighted by Gasteiger charge is 2.25. The molecule has 22 heavy (non-hydrogen) atoms. The van der Waals surface area contributed by atoms with Gasteiger partial charge in [-0.15, -0.1) is 11.3 Å². The molecule has 2 aromatic carbocycles. The summed E-state index contributed by atoms with van der Waals surface area (Å²) in [6.45, 7) is 0. The lowest BCUT2D eigenvalue weighted by molar-refractivity contribution is -0.384. The lowest BCUT2D eigenvalue weighted by Gasteiger charge is -2.11. The molecule has 5 nitrogen and oxygen atoms in total. The van der Waals surface area contributed by atoms with Gasteiger partial charge in [0.1, 0.15) is 17.1 Å². The number of benzene rings is 2. The summed E-state index contributed by atoms with van der Waals surface area (Å²) in [4.78, 5) is 12.0. The Kier molecular flexibility index (Phi) is 3.59. The Hall–Kier alpha value is -2.75. The molecule has 3 aromatic rings. The van der Waals surface area contributed by atoms with Gasteiger partial charge in [0.2, 0.25) is 0 Å². The predicted molar refractivity (Wildman–Crippen MR) is 83.7 cm³/mol. The average Bonchev–Trinajstić information content (AvgIpc) is 3.02. The summed E-state index contributed by atoms with van der Waals surface area (Å²) in [7, 11) is 0. The Bertz CT molecular complexity index is 911. The first kappa shape index (κ1) is 14.2. The highest BCUT2D eigenvalue weighted by Crippen LogP contribution is 2.37. The first-order chi connectivity index (χ1) is 10.6. The molecule has 1 atom stereocenters. The summed E-state index contributed by atoms with van der Waals surface area (Å²) >= 11 is 1.13. The van der Waals surface area contributed by atoms with Crippen molar-refractivity contribution in [3.8, 4) is 6.07 Å². The number of nitro benzene ring substituents is 1. The van der Waals surface area contributed by atoms with Crippen LogP contribution in [-0.4, -0.2) is 10.0 Å². The molecule has 0 amide bonds. The predicted octanol–water partition coefficient (Wildman–Crippen LogP) is 3.76. The van der Waals surface area contributed by atoms with Gasteiger partial charge in [0.25, 0.3) is 5.69 Å². The maximum Gasteiger partial charge on any atom is 0.283 e. The normalized spacial score (nSPS) is 12.0. The zero-order chi connectivity index (χ0) is 15.7. The molecule has 0 radical (unpaired) electrons. The van der Waals surface area contributed by atoms with Crippen LogP contribution in [0.1, 0.15) is 21.4 Å². The smallest absolute Gasteiger partial charge is 0.283 e. The highest BCUT2D eigenvalue weighted by atomic mass is 32.1. The number of nitriles is 1. The van der Waals surface area contributed by atoms with E-state index >= 15 is 0 Å². The number of aliphatic hydroxyl groups is 1. The second-order valence-corrected chi connectivity index (χ2v) is 5.81. The van der Waals surface area contributed by atoms with Gasteiger partial charge in [0.05, 0.1) is 15.9 Å². The molecule has 0 aliphatic carbocycles. The fourth-order valence-corrected chi connectivity index (χ4v) is 3.22. The van der Waals surface area contributed by atoms with Crippen molar-refractivity contribution in [3.05, 3.63) is 74.0 Å². The monoisotopic (exact) mass is 310 g/mol. The first-order valence-corrected chi connectivity index (χ1v) is 7.27. The number of rotatable bonds is 3. The zero-order valence-corrected chi connectivity index (χ0v) is 12.1. The molecule has 0 bridgehead atoms. The van der Waals surface area contributed by atoms with Crippen molar-refractivity contribution in [2.24, 2.45) is 0 Å². The van der Waals surface area contributed by atoms with Gasteiger partial charge >= 0.3 is 0 Å². The molecule has 108 valence electrons. The minimum absolute atomic E-state index is 0.0995. The second kappa shape index (κ2) is 5.56. The van der Waals surface area contributed by atoms with Crippen LogP contribution in [0, 0.1) is 21.4 Å². The van der Waals surface area contributed by atoms with Gasteiger partial charge in [-0.25, -0.2) is 0 Å².